The second-order valence-corrected chi connectivity index (χ2v) is 8.74. The lowest BCUT2D eigenvalue weighted by Crippen LogP contribution is -2.43. The molecule has 0 spiro atoms. The minimum absolute atomic E-state index is 0.00723. The first-order valence-corrected chi connectivity index (χ1v) is 11.0. The molecule has 1 amide bonds. The van der Waals surface area contributed by atoms with E-state index in [-0.39, 0.29) is 27.8 Å². The van der Waals surface area contributed by atoms with Crippen LogP contribution in [0.5, 0.6) is 0 Å². The normalized spacial score (nSPS) is 17.4. The van der Waals surface area contributed by atoms with Crippen molar-refractivity contribution in [2.45, 2.75) is 18.2 Å². The van der Waals surface area contributed by atoms with Gasteiger partial charge in [-0.2, -0.15) is 13.2 Å². The van der Waals surface area contributed by atoms with Gasteiger partial charge in [0, 0.05) is 17.4 Å². The Kier molecular flexibility index (Phi) is 7.00. The van der Waals surface area contributed by atoms with E-state index in [0.29, 0.717) is 0 Å². The summed E-state index contributed by atoms with van der Waals surface area (Å²) < 4.78 is 70.0. The summed E-state index contributed by atoms with van der Waals surface area (Å²) in [5.74, 6) is -2.86. The molecular formula is C22H12Cl3F5N4O2. The van der Waals surface area contributed by atoms with E-state index in [2.05, 4.69) is 20.8 Å². The zero-order valence-electron chi connectivity index (χ0n) is 17.6. The van der Waals surface area contributed by atoms with Crippen molar-refractivity contribution < 1.29 is 31.6 Å². The number of aromatic nitrogens is 1. The van der Waals surface area contributed by atoms with Gasteiger partial charge in [0.1, 0.15) is 5.82 Å². The number of anilines is 2. The van der Waals surface area contributed by atoms with Crippen molar-refractivity contribution in [2.75, 3.05) is 10.6 Å². The number of benzene rings is 2. The molecule has 4 rings (SSSR count). The lowest BCUT2D eigenvalue weighted by atomic mass is 9.89. The summed E-state index contributed by atoms with van der Waals surface area (Å²) in [5.41, 5.74) is -3.73. The number of halogens is 8. The van der Waals surface area contributed by atoms with Crippen molar-refractivity contribution in [1.82, 2.24) is 4.98 Å². The molecule has 1 aliphatic rings. The van der Waals surface area contributed by atoms with Crippen molar-refractivity contribution in [3.8, 4) is 0 Å². The second kappa shape index (κ2) is 9.72. The monoisotopic (exact) mass is 564 g/mol. The van der Waals surface area contributed by atoms with E-state index in [1.165, 1.54) is 24.4 Å². The topological polar surface area (TPSA) is 75.6 Å². The first kappa shape index (κ1) is 25.9. The molecule has 188 valence electrons. The Bertz CT molecular complexity index is 1360. The maximum absolute atomic E-state index is 14.1. The molecule has 1 unspecified atom stereocenters. The number of amides is 1. The van der Waals surface area contributed by atoms with Crippen molar-refractivity contribution in [3.05, 3.63) is 86.6 Å². The smallest absolute Gasteiger partial charge is 0.372 e. The maximum Gasteiger partial charge on any atom is 0.435 e. The number of carbonyl (C=O) groups is 1. The third-order valence-electron chi connectivity index (χ3n) is 5.15. The Morgan fingerprint density at radius 1 is 1.03 bits per heavy atom. The van der Waals surface area contributed by atoms with E-state index < -0.39 is 51.3 Å². The summed E-state index contributed by atoms with van der Waals surface area (Å²) in [5, 5.41) is 7.20. The maximum atomic E-state index is 14.1. The van der Waals surface area contributed by atoms with Gasteiger partial charge in [0.2, 0.25) is 0 Å². The second-order valence-electron chi connectivity index (χ2n) is 7.51. The number of pyridine rings is 1. The van der Waals surface area contributed by atoms with Gasteiger partial charge in [-0.3, -0.25) is 9.78 Å². The fourth-order valence-corrected chi connectivity index (χ4v) is 4.05. The lowest BCUT2D eigenvalue weighted by Gasteiger charge is -2.29. The minimum Gasteiger partial charge on any atom is -0.372 e. The third-order valence-corrected chi connectivity index (χ3v) is 6.03. The van der Waals surface area contributed by atoms with E-state index in [9.17, 15) is 26.7 Å². The standard InChI is InChI=1S/C22H12Cl3F5N4O2/c23-13-2-1-11(7-12(13)20(35)33-17-9-31-4-3-16(17)26)32-18-8-21(36-34-18,22(28,29)30)10-5-14(24)19(27)15(25)6-10/h1-7,9H,8H2,(H,32,34)(H,33,35). The molecule has 2 N–H and O–H groups in total. The van der Waals surface area contributed by atoms with E-state index >= 15 is 0 Å². The Hall–Kier alpha value is -3.15. The number of rotatable bonds is 4. The number of amidine groups is 1. The third kappa shape index (κ3) is 4.91. The van der Waals surface area contributed by atoms with Crippen LogP contribution in [0, 0.1) is 11.6 Å². The summed E-state index contributed by atoms with van der Waals surface area (Å²) in [6.07, 6.45) is -3.55. The van der Waals surface area contributed by atoms with Crippen LogP contribution >= 0.6 is 34.8 Å². The number of oxime groups is 1. The highest BCUT2D eigenvalue weighted by molar-refractivity contribution is 6.35. The number of hydrogen-bond acceptors (Lipinski definition) is 5. The summed E-state index contributed by atoms with van der Waals surface area (Å²) in [7, 11) is 0. The number of nitrogens with one attached hydrogen (secondary N) is 2. The number of hydrogen-bond donors (Lipinski definition) is 2. The molecule has 0 bridgehead atoms. The molecule has 3 aromatic rings. The molecule has 0 fully saturated rings. The summed E-state index contributed by atoms with van der Waals surface area (Å²) >= 11 is 17.5. The molecule has 36 heavy (non-hydrogen) atoms. The first-order chi connectivity index (χ1) is 16.9. The molecule has 1 aliphatic heterocycles. The first-order valence-electron chi connectivity index (χ1n) is 9.85. The van der Waals surface area contributed by atoms with Crippen LogP contribution in [0.3, 0.4) is 0 Å². The average Bonchev–Trinajstić information content (AvgIpc) is 3.25. The molecule has 0 saturated carbocycles. The highest BCUT2D eigenvalue weighted by atomic mass is 35.5. The molecule has 0 aliphatic carbocycles. The summed E-state index contributed by atoms with van der Waals surface area (Å²) in [4.78, 5) is 21.2. The van der Waals surface area contributed by atoms with Crippen LogP contribution < -0.4 is 10.6 Å². The molecule has 2 heterocycles. The average molecular weight is 566 g/mol. The number of carbonyl (C=O) groups excluding carboxylic acids is 1. The van der Waals surface area contributed by atoms with Crippen molar-refractivity contribution in [1.29, 1.82) is 0 Å². The predicted octanol–water partition coefficient (Wildman–Crippen LogP) is 7.18. The number of alkyl halides is 3. The zero-order chi connectivity index (χ0) is 26.3. The van der Waals surface area contributed by atoms with Crippen LogP contribution in [0.25, 0.3) is 0 Å². The van der Waals surface area contributed by atoms with Gasteiger partial charge in [-0.1, -0.05) is 40.0 Å². The highest BCUT2D eigenvalue weighted by Crippen LogP contribution is 2.49. The van der Waals surface area contributed by atoms with Gasteiger partial charge in [0.05, 0.1) is 38.9 Å². The zero-order valence-corrected chi connectivity index (χ0v) is 19.8. The minimum atomic E-state index is -5.00. The van der Waals surface area contributed by atoms with E-state index in [4.69, 9.17) is 39.6 Å². The van der Waals surface area contributed by atoms with Crippen molar-refractivity contribution in [3.63, 3.8) is 0 Å². The fraction of sp³-hybridized carbons (Fsp3) is 0.136. The van der Waals surface area contributed by atoms with Crippen molar-refractivity contribution >= 4 is 57.9 Å². The van der Waals surface area contributed by atoms with Crippen LogP contribution in [-0.2, 0) is 10.4 Å². The highest BCUT2D eigenvalue weighted by Gasteiger charge is 2.62. The SMILES string of the molecule is O=C(Nc1cnccc1F)c1cc(NC2=NOC(c3cc(Cl)c(F)c(Cl)c3)(C(F)(F)F)C2)ccc1Cl. The quantitative estimate of drug-likeness (QED) is 0.260. The largest absolute Gasteiger partial charge is 0.435 e. The van der Waals surface area contributed by atoms with Crippen LogP contribution in [0.4, 0.5) is 33.3 Å². The Morgan fingerprint density at radius 3 is 2.36 bits per heavy atom. The lowest BCUT2D eigenvalue weighted by molar-refractivity contribution is -0.275. The van der Waals surface area contributed by atoms with E-state index in [1.54, 1.807) is 0 Å². The van der Waals surface area contributed by atoms with E-state index in [1.807, 2.05) is 0 Å². The predicted molar refractivity (Wildman–Crippen MR) is 125 cm³/mol. The van der Waals surface area contributed by atoms with Gasteiger partial charge in [-0.25, -0.2) is 8.78 Å². The van der Waals surface area contributed by atoms with Gasteiger partial charge < -0.3 is 15.5 Å². The Labute approximate surface area is 215 Å². The molecular weight excluding hydrogens is 554 g/mol. The Morgan fingerprint density at radius 2 is 1.72 bits per heavy atom. The van der Waals surface area contributed by atoms with Gasteiger partial charge in [-0.15, -0.1) is 0 Å². The van der Waals surface area contributed by atoms with Gasteiger partial charge in [-0.05, 0) is 36.4 Å². The van der Waals surface area contributed by atoms with Crippen LogP contribution in [0.2, 0.25) is 15.1 Å². The van der Waals surface area contributed by atoms with Gasteiger partial charge in [0.15, 0.2) is 11.7 Å². The Balaban J connectivity index is 1.58. The molecule has 0 radical (unpaired) electrons. The van der Waals surface area contributed by atoms with Gasteiger partial charge in [0.25, 0.3) is 11.5 Å². The molecule has 6 nitrogen and oxygen atoms in total. The molecule has 0 saturated heterocycles. The molecule has 1 atom stereocenters. The van der Waals surface area contributed by atoms with Crippen molar-refractivity contribution in [2.24, 2.45) is 5.16 Å². The molecule has 1 aromatic heterocycles. The molecule has 2 aromatic carbocycles. The van der Waals surface area contributed by atoms with Gasteiger partial charge >= 0.3 is 6.18 Å². The summed E-state index contributed by atoms with van der Waals surface area (Å²) in [6.45, 7) is 0. The van der Waals surface area contributed by atoms with Crippen LogP contribution in [0.1, 0.15) is 22.3 Å². The van der Waals surface area contributed by atoms with Crippen LogP contribution in [-0.4, -0.2) is 22.9 Å². The summed E-state index contributed by atoms with van der Waals surface area (Å²) in [6, 6.07) is 6.49. The fourth-order valence-electron chi connectivity index (χ4n) is 3.36. The van der Waals surface area contributed by atoms with Crippen LogP contribution in [0.15, 0.2) is 53.9 Å². The molecule has 14 heteroatoms. The number of nitrogens with zero attached hydrogens (tertiary/aromatic N) is 2. The van der Waals surface area contributed by atoms with E-state index in [0.717, 1.165) is 24.4 Å².